The number of hydrogen-bond acceptors (Lipinski definition) is 3. The number of ether oxygens (including phenoxy) is 2. The molecule has 0 aromatic rings. The van der Waals surface area contributed by atoms with Gasteiger partial charge in [0, 0.05) is 18.6 Å². The van der Waals surface area contributed by atoms with Crippen molar-refractivity contribution in [2.24, 2.45) is 5.41 Å². The topological polar surface area (TPSA) is 30.5 Å². The Morgan fingerprint density at radius 1 is 1.29 bits per heavy atom. The summed E-state index contributed by atoms with van der Waals surface area (Å²) in [5.41, 5.74) is 0.296. The summed E-state index contributed by atoms with van der Waals surface area (Å²) in [6.07, 6.45) is 6.04. The molecule has 2 fully saturated rings. The summed E-state index contributed by atoms with van der Waals surface area (Å²) in [4.78, 5) is 0. The Balaban J connectivity index is 1.95. The summed E-state index contributed by atoms with van der Waals surface area (Å²) in [6.45, 7) is 9.60. The first kappa shape index (κ1) is 13.3. The molecule has 100 valence electrons. The van der Waals surface area contributed by atoms with Gasteiger partial charge in [-0.25, -0.2) is 0 Å². The molecule has 0 spiro atoms. The van der Waals surface area contributed by atoms with Crippen LogP contribution in [0.1, 0.15) is 46.5 Å². The fourth-order valence-electron chi connectivity index (χ4n) is 3.25. The van der Waals surface area contributed by atoms with Crippen LogP contribution in [0, 0.1) is 5.41 Å². The maximum absolute atomic E-state index is 5.99. The lowest BCUT2D eigenvalue weighted by Crippen LogP contribution is -2.42. The Bertz CT molecular complexity index is 246. The van der Waals surface area contributed by atoms with Crippen LogP contribution in [0.2, 0.25) is 0 Å². The van der Waals surface area contributed by atoms with Crippen LogP contribution in [0.5, 0.6) is 0 Å². The van der Waals surface area contributed by atoms with Gasteiger partial charge in [0.05, 0.1) is 18.3 Å². The third-order valence-electron chi connectivity index (χ3n) is 4.51. The van der Waals surface area contributed by atoms with Crippen LogP contribution in [-0.2, 0) is 9.47 Å². The fraction of sp³-hybridized carbons (Fsp3) is 1.00. The summed E-state index contributed by atoms with van der Waals surface area (Å²) < 4.78 is 11.8. The minimum absolute atomic E-state index is 0.296. The Hall–Kier alpha value is -0.120. The number of nitrogens with one attached hydrogen (secondary N) is 1. The van der Waals surface area contributed by atoms with E-state index in [4.69, 9.17) is 9.47 Å². The van der Waals surface area contributed by atoms with Crippen LogP contribution in [0.4, 0.5) is 0 Å². The second-order valence-corrected chi connectivity index (χ2v) is 5.76. The van der Waals surface area contributed by atoms with Crippen molar-refractivity contribution in [3.05, 3.63) is 0 Å². The predicted molar refractivity (Wildman–Crippen MR) is 69.2 cm³/mol. The zero-order valence-corrected chi connectivity index (χ0v) is 11.5. The van der Waals surface area contributed by atoms with E-state index in [1.165, 1.54) is 19.3 Å². The van der Waals surface area contributed by atoms with Crippen molar-refractivity contribution in [1.82, 2.24) is 5.32 Å². The zero-order chi connectivity index (χ0) is 12.3. The second kappa shape index (κ2) is 5.68. The third kappa shape index (κ3) is 3.01. The van der Waals surface area contributed by atoms with Crippen molar-refractivity contribution in [2.45, 2.75) is 64.8 Å². The van der Waals surface area contributed by atoms with Crippen molar-refractivity contribution < 1.29 is 9.47 Å². The lowest BCUT2D eigenvalue weighted by Gasteiger charge is -2.34. The molecule has 0 aromatic carbocycles. The second-order valence-electron chi connectivity index (χ2n) is 5.76. The summed E-state index contributed by atoms with van der Waals surface area (Å²) >= 11 is 0. The molecule has 1 N–H and O–H groups in total. The lowest BCUT2D eigenvalue weighted by atomic mass is 9.76. The maximum atomic E-state index is 5.99. The van der Waals surface area contributed by atoms with E-state index in [9.17, 15) is 0 Å². The van der Waals surface area contributed by atoms with Gasteiger partial charge in [0.2, 0.25) is 0 Å². The minimum atomic E-state index is 0.296. The highest BCUT2D eigenvalue weighted by atomic mass is 16.5. The van der Waals surface area contributed by atoms with Crippen LogP contribution in [0.3, 0.4) is 0 Å². The van der Waals surface area contributed by atoms with Crippen LogP contribution in [-0.4, -0.2) is 38.0 Å². The first-order chi connectivity index (χ1) is 8.16. The molecule has 2 heterocycles. The van der Waals surface area contributed by atoms with E-state index in [0.29, 0.717) is 23.7 Å². The highest BCUT2D eigenvalue weighted by Gasteiger charge is 2.43. The van der Waals surface area contributed by atoms with E-state index in [1.54, 1.807) is 0 Å². The van der Waals surface area contributed by atoms with E-state index in [-0.39, 0.29) is 0 Å². The van der Waals surface area contributed by atoms with Crippen LogP contribution in [0.25, 0.3) is 0 Å². The highest BCUT2D eigenvalue weighted by molar-refractivity contribution is 4.94. The molecule has 4 unspecified atom stereocenters. The Morgan fingerprint density at radius 2 is 2.12 bits per heavy atom. The smallest absolute Gasteiger partial charge is 0.0617 e. The predicted octanol–water partition coefficient (Wildman–Crippen LogP) is 2.35. The van der Waals surface area contributed by atoms with Gasteiger partial charge < -0.3 is 14.8 Å². The normalized spacial score (nSPS) is 42.2. The quantitative estimate of drug-likeness (QED) is 0.801. The first-order valence-corrected chi connectivity index (χ1v) is 7.14. The van der Waals surface area contributed by atoms with Gasteiger partial charge >= 0.3 is 0 Å². The van der Waals surface area contributed by atoms with Gasteiger partial charge in [0.15, 0.2) is 0 Å². The van der Waals surface area contributed by atoms with Crippen LogP contribution in [0.15, 0.2) is 0 Å². The Labute approximate surface area is 105 Å². The molecule has 2 rings (SSSR count). The Kier molecular flexibility index (Phi) is 4.45. The molecule has 4 atom stereocenters. The van der Waals surface area contributed by atoms with Gasteiger partial charge in [-0.1, -0.05) is 6.92 Å². The highest BCUT2D eigenvalue weighted by Crippen LogP contribution is 2.41. The number of hydrogen-bond donors (Lipinski definition) is 1. The summed E-state index contributed by atoms with van der Waals surface area (Å²) in [5, 5.41) is 3.51. The summed E-state index contributed by atoms with van der Waals surface area (Å²) in [7, 11) is 0. The average molecular weight is 241 g/mol. The molecular formula is C14H27NO2. The third-order valence-corrected chi connectivity index (χ3v) is 4.51. The minimum Gasteiger partial charge on any atom is -0.378 e. The van der Waals surface area contributed by atoms with Gasteiger partial charge in [-0.2, -0.15) is 0 Å². The molecule has 2 saturated heterocycles. The molecule has 0 bridgehead atoms. The monoisotopic (exact) mass is 241 g/mol. The van der Waals surface area contributed by atoms with E-state index >= 15 is 0 Å². The van der Waals surface area contributed by atoms with Crippen molar-refractivity contribution in [3.8, 4) is 0 Å². The molecular weight excluding hydrogens is 214 g/mol. The number of rotatable bonds is 5. The van der Waals surface area contributed by atoms with Crippen LogP contribution >= 0.6 is 0 Å². The molecule has 0 radical (unpaired) electrons. The Morgan fingerprint density at radius 3 is 2.65 bits per heavy atom. The van der Waals surface area contributed by atoms with Gasteiger partial charge in [-0.3, -0.25) is 0 Å². The molecule has 17 heavy (non-hydrogen) atoms. The molecule has 3 nitrogen and oxygen atoms in total. The van der Waals surface area contributed by atoms with Crippen LogP contribution < -0.4 is 5.32 Å². The van der Waals surface area contributed by atoms with E-state index in [2.05, 4.69) is 26.1 Å². The molecule has 2 aliphatic heterocycles. The lowest BCUT2D eigenvalue weighted by molar-refractivity contribution is -0.00467. The first-order valence-electron chi connectivity index (χ1n) is 7.14. The van der Waals surface area contributed by atoms with Crippen molar-refractivity contribution in [1.29, 1.82) is 0 Å². The van der Waals surface area contributed by atoms with Gasteiger partial charge in [-0.05, 0) is 46.1 Å². The maximum Gasteiger partial charge on any atom is 0.0617 e. The summed E-state index contributed by atoms with van der Waals surface area (Å²) in [5.74, 6) is 0. The molecule has 0 aliphatic carbocycles. The molecule has 0 amide bonds. The fourth-order valence-corrected chi connectivity index (χ4v) is 3.25. The van der Waals surface area contributed by atoms with Gasteiger partial charge in [0.25, 0.3) is 0 Å². The molecule has 3 heteroatoms. The average Bonchev–Trinajstić information content (AvgIpc) is 2.85. The standard InChI is InChI=1S/C14H27NO2/c1-4-15-10-14(7-8-16-12(14)3)9-13-6-5-11(2)17-13/h11-13,15H,4-10H2,1-3H3. The molecule has 0 aromatic heterocycles. The SMILES string of the molecule is CCNCC1(CC2CCC(C)O2)CCOC1C. The zero-order valence-electron chi connectivity index (χ0n) is 11.5. The molecule has 2 aliphatic rings. The summed E-state index contributed by atoms with van der Waals surface area (Å²) in [6, 6.07) is 0. The van der Waals surface area contributed by atoms with E-state index < -0.39 is 0 Å². The van der Waals surface area contributed by atoms with Gasteiger partial charge in [0.1, 0.15) is 0 Å². The molecule has 0 saturated carbocycles. The van der Waals surface area contributed by atoms with Crippen molar-refractivity contribution >= 4 is 0 Å². The van der Waals surface area contributed by atoms with E-state index in [1.807, 2.05) is 0 Å². The largest absolute Gasteiger partial charge is 0.378 e. The van der Waals surface area contributed by atoms with Gasteiger partial charge in [-0.15, -0.1) is 0 Å². The van der Waals surface area contributed by atoms with E-state index in [0.717, 1.165) is 26.1 Å². The van der Waals surface area contributed by atoms with Crippen molar-refractivity contribution in [3.63, 3.8) is 0 Å². The van der Waals surface area contributed by atoms with Crippen molar-refractivity contribution in [2.75, 3.05) is 19.7 Å².